The van der Waals surface area contributed by atoms with E-state index >= 15 is 0 Å². The lowest BCUT2D eigenvalue weighted by Crippen LogP contribution is -2.14. The number of rotatable bonds is 2. The zero-order chi connectivity index (χ0) is 13.1. The van der Waals surface area contributed by atoms with E-state index in [0.29, 0.717) is 5.92 Å². The van der Waals surface area contributed by atoms with Gasteiger partial charge in [0.25, 0.3) is 0 Å². The van der Waals surface area contributed by atoms with Crippen LogP contribution < -0.4 is 4.74 Å². The van der Waals surface area contributed by atoms with Crippen molar-refractivity contribution in [1.82, 2.24) is 0 Å². The molecule has 1 aliphatic rings. The van der Waals surface area contributed by atoms with Crippen molar-refractivity contribution in [3.63, 3.8) is 0 Å². The Labute approximate surface area is 115 Å². The van der Waals surface area contributed by atoms with Gasteiger partial charge in [-0.3, -0.25) is 0 Å². The van der Waals surface area contributed by atoms with Gasteiger partial charge in [-0.1, -0.05) is 25.3 Å². The van der Waals surface area contributed by atoms with Gasteiger partial charge in [0, 0.05) is 16.9 Å². The second kappa shape index (κ2) is 5.97. The van der Waals surface area contributed by atoms with E-state index < -0.39 is 0 Å². The third kappa shape index (κ3) is 2.83. The van der Waals surface area contributed by atoms with Crippen LogP contribution in [-0.2, 0) is 0 Å². The lowest BCUT2D eigenvalue weighted by Gasteiger charge is -2.24. The first-order valence-corrected chi connectivity index (χ1v) is 7.36. The topological polar surface area (TPSA) is 9.23 Å². The normalized spacial score (nSPS) is 24.7. The predicted molar refractivity (Wildman–Crippen MR) is 77.9 cm³/mol. The molecule has 1 aromatic carbocycles. The fourth-order valence-electron chi connectivity index (χ4n) is 3.17. The number of benzene rings is 1. The third-order valence-corrected chi connectivity index (χ3v) is 4.54. The fraction of sp³-hybridized carbons (Fsp3) is 0.625. The van der Waals surface area contributed by atoms with Gasteiger partial charge in [-0.25, -0.2) is 0 Å². The summed E-state index contributed by atoms with van der Waals surface area (Å²) >= 11 is 6.61. The predicted octanol–water partition coefficient (Wildman–Crippen LogP) is 4.97. The monoisotopic (exact) mass is 266 g/mol. The second-order valence-electron chi connectivity index (χ2n) is 5.46. The number of hydrogen-bond donors (Lipinski definition) is 0. The van der Waals surface area contributed by atoms with E-state index in [4.69, 9.17) is 16.3 Å². The Bertz CT molecular complexity index is 414. The van der Waals surface area contributed by atoms with E-state index in [1.807, 2.05) is 0 Å². The minimum Gasteiger partial charge on any atom is -0.496 e. The maximum Gasteiger partial charge on any atom is 0.122 e. The molecule has 0 heterocycles. The minimum atomic E-state index is 0.253. The first-order chi connectivity index (χ1) is 8.63. The largest absolute Gasteiger partial charge is 0.496 e. The summed E-state index contributed by atoms with van der Waals surface area (Å²) in [6, 6.07) is 4.38. The Kier molecular flexibility index (Phi) is 4.55. The van der Waals surface area contributed by atoms with Crippen LogP contribution in [0.4, 0.5) is 0 Å². The first kappa shape index (κ1) is 13.7. The summed E-state index contributed by atoms with van der Waals surface area (Å²) in [5.74, 6) is 1.47. The Morgan fingerprint density at radius 1 is 1.11 bits per heavy atom. The van der Waals surface area contributed by atoms with Gasteiger partial charge in [-0.2, -0.15) is 0 Å². The van der Waals surface area contributed by atoms with Gasteiger partial charge < -0.3 is 4.74 Å². The maximum atomic E-state index is 6.61. The standard InChI is InChI=1S/C16H23ClO/c1-11-9-12(2)16(15(10-11)18-3)13-7-5-4-6-8-14(13)17/h9-10,13-14H,4-8H2,1-3H3. The van der Waals surface area contributed by atoms with Crippen molar-refractivity contribution in [2.75, 3.05) is 7.11 Å². The smallest absolute Gasteiger partial charge is 0.122 e. The van der Waals surface area contributed by atoms with Crippen LogP contribution in [0, 0.1) is 13.8 Å². The van der Waals surface area contributed by atoms with Crippen molar-refractivity contribution >= 4 is 11.6 Å². The molecular weight excluding hydrogens is 244 g/mol. The van der Waals surface area contributed by atoms with E-state index in [1.165, 1.54) is 42.4 Å². The summed E-state index contributed by atoms with van der Waals surface area (Å²) in [5.41, 5.74) is 3.92. The highest BCUT2D eigenvalue weighted by Gasteiger charge is 2.27. The molecule has 1 aromatic rings. The van der Waals surface area contributed by atoms with Crippen LogP contribution in [0.1, 0.15) is 54.7 Å². The zero-order valence-electron chi connectivity index (χ0n) is 11.6. The molecular formula is C16H23ClO. The van der Waals surface area contributed by atoms with Gasteiger partial charge in [0.1, 0.15) is 5.75 Å². The second-order valence-corrected chi connectivity index (χ2v) is 6.02. The van der Waals surface area contributed by atoms with E-state index in [1.54, 1.807) is 7.11 Å². The highest BCUT2D eigenvalue weighted by Crippen LogP contribution is 2.41. The SMILES string of the molecule is COc1cc(C)cc(C)c1C1CCCCCC1Cl. The van der Waals surface area contributed by atoms with Gasteiger partial charge in [0.15, 0.2) is 0 Å². The van der Waals surface area contributed by atoms with Crippen LogP contribution in [0.2, 0.25) is 0 Å². The fourth-order valence-corrected chi connectivity index (χ4v) is 3.58. The molecule has 2 rings (SSSR count). The zero-order valence-corrected chi connectivity index (χ0v) is 12.4. The molecule has 1 nitrogen and oxygen atoms in total. The highest BCUT2D eigenvalue weighted by atomic mass is 35.5. The summed E-state index contributed by atoms with van der Waals surface area (Å²) in [7, 11) is 1.76. The van der Waals surface area contributed by atoms with Crippen molar-refractivity contribution in [2.24, 2.45) is 0 Å². The highest BCUT2D eigenvalue weighted by molar-refractivity contribution is 6.21. The first-order valence-electron chi connectivity index (χ1n) is 6.92. The number of methoxy groups -OCH3 is 1. The Balaban J connectivity index is 2.41. The molecule has 0 aromatic heterocycles. The molecule has 2 heteroatoms. The van der Waals surface area contributed by atoms with Crippen molar-refractivity contribution in [2.45, 2.75) is 57.2 Å². The molecule has 0 radical (unpaired) electrons. The summed E-state index contributed by atoms with van der Waals surface area (Å²) in [6.07, 6.45) is 6.17. The van der Waals surface area contributed by atoms with Crippen LogP contribution in [-0.4, -0.2) is 12.5 Å². The van der Waals surface area contributed by atoms with Crippen LogP contribution in [0.25, 0.3) is 0 Å². The van der Waals surface area contributed by atoms with Crippen LogP contribution >= 0.6 is 11.6 Å². The molecule has 18 heavy (non-hydrogen) atoms. The van der Waals surface area contributed by atoms with Gasteiger partial charge >= 0.3 is 0 Å². The summed E-state index contributed by atoms with van der Waals surface area (Å²) in [5, 5.41) is 0.253. The lowest BCUT2D eigenvalue weighted by atomic mass is 9.87. The number of hydrogen-bond acceptors (Lipinski definition) is 1. The van der Waals surface area contributed by atoms with Crippen LogP contribution in [0.15, 0.2) is 12.1 Å². The summed E-state index contributed by atoms with van der Waals surface area (Å²) < 4.78 is 5.59. The van der Waals surface area contributed by atoms with Gasteiger partial charge in [-0.15, -0.1) is 11.6 Å². The molecule has 0 aliphatic heterocycles. The maximum absolute atomic E-state index is 6.61. The molecule has 0 spiro atoms. The molecule has 0 N–H and O–H groups in total. The molecule has 2 atom stereocenters. The van der Waals surface area contributed by atoms with Gasteiger partial charge in [0.2, 0.25) is 0 Å². The van der Waals surface area contributed by atoms with E-state index in [9.17, 15) is 0 Å². The van der Waals surface area contributed by atoms with E-state index in [-0.39, 0.29) is 5.38 Å². The molecule has 0 bridgehead atoms. The van der Waals surface area contributed by atoms with Crippen molar-refractivity contribution in [3.05, 3.63) is 28.8 Å². The van der Waals surface area contributed by atoms with E-state index in [0.717, 1.165) is 12.2 Å². The molecule has 2 unspecified atom stereocenters. The lowest BCUT2D eigenvalue weighted by molar-refractivity contribution is 0.401. The number of aryl methyl sites for hydroxylation is 2. The summed E-state index contributed by atoms with van der Waals surface area (Å²) in [6.45, 7) is 4.30. The number of ether oxygens (including phenoxy) is 1. The summed E-state index contributed by atoms with van der Waals surface area (Å²) in [4.78, 5) is 0. The molecule has 1 fully saturated rings. The van der Waals surface area contributed by atoms with Crippen LogP contribution in [0.5, 0.6) is 5.75 Å². The molecule has 0 amide bonds. The average Bonchev–Trinajstić information content (AvgIpc) is 2.53. The average molecular weight is 267 g/mol. The Morgan fingerprint density at radius 3 is 2.56 bits per heavy atom. The molecule has 0 saturated heterocycles. The van der Waals surface area contributed by atoms with Crippen molar-refractivity contribution in [3.8, 4) is 5.75 Å². The number of halogens is 1. The van der Waals surface area contributed by atoms with Gasteiger partial charge in [-0.05, 0) is 43.9 Å². The Hall–Kier alpha value is -0.690. The third-order valence-electron chi connectivity index (χ3n) is 4.02. The molecule has 100 valence electrons. The number of alkyl halides is 1. The minimum absolute atomic E-state index is 0.253. The van der Waals surface area contributed by atoms with Gasteiger partial charge in [0.05, 0.1) is 7.11 Å². The Morgan fingerprint density at radius 2 is 1.83 bits per heavy atom. The van der Waals surface area contributed by atoms with E-state index in [2.05, 4.69) is 26.0 Å². The van der Waals surface area contributed by atoms with Crippen molar-refractivity contribution in [1.29, 1.82) is 0 Å². The quantitative estimate of drug-likeness (QED) is 0.543. The molecule has 1 aliphatic carbocycles. The van der Waals surface area contributed by atoms with Crippen LogP contribution in [0.3, 0.4) is 0 Å². The molecule has 1 saturated carbocycles. The van der Waals surface area contributed by atoms with Crippen molar-refractivity contribution < 1.29 is 4.74 Å².